The van der Waals surface area contributed by atoms with Gasteiger partial charge in [-0.25, -0.2) is 4.98 Å². The van der Waals surface area contributed by atoms with Crippen molar-refractivity contribution in [3.05, 3.63) is 29.1 Å². The number of nitriles is 1. The number of rotatable bonds is 3. The van der Waals surface area contributed by atoms with Crippen molar-refractivity contribution in [2.24, 2.45) is 0 Å². The van der Waals surface area contributed by atoms with Gasteiger partial charge in [-0.3, -0.25) is 14.7 Å². The summed E-state index contributed by atoms with van der Waals surface area (Å²) >= 11 is 0. The van der Waals surface area contributed by atoms with Gasteiger partial charge in [0.2, 0.25) is 0 Å². The molecule has 0 amide bonds. The van der Waals surface area contributed by atoms with E-state index in [1.165, 1.54) is 0 Å². The molecule has 0 spiro atoms. The molecule has 0 unspecified atom stereocenters. The summed E-state index contributed by atoms with van der Waals surface area (Å²) in [6.45, 7) is 5.29. The molecule has 0 radical (unpaired) electrons. The number of H-pyrrole nitrogens is 1. The zero-order valence-corrected chi connectivity index (χ0v) is 10.8. The molecular formula is C12H15N7. The highest BCUT2D eigenvalue weighted by Crippen LogP contribution is 2.14. The van der Waals surface area contributed by atoms with Crippen LogP contribution in [0.15, 0.2) is 6.07 Å². The number of aromatic nitrogens is 5. The third kappa shape index (κ3) is 2.35. The lowest BCUT2D eigenvalue weighted by molar-refractivity contribution is 0.200. The highest BCUT2D eigenvalue weighted by Gasteiger charge is 2.19. The first-order chi connectivity index (χ1) is 9.28. The molecule has 19 heavy (non-hydrogen) atoms. The van der Waals surface area contributed by atoms with Crippen molar-refractivity contribution >= 4 is 0 Å². The number of hydrogen-bond acceptors (Lipinski definition) is 5. The fraction of sp³-hybridized carbons (Fsp3) is 0.500. The molecule has 3 heterocycles. The minimum absolute atomic E-state index is 0.491. The predicted octanol–water partition coefficient (Wildman–Crippen LogP) is 0.451. The van der Waals surface area contributed by atoms with Crippen LogP contribution in [-0.2, 0) is 26.1 Å². The minimum atomic E-state index is 0.491. The molecule has 0 aliphatic carbocycles. The zero-order valence-electron chi connectivity index (χ0n) is 10.8. The summed E-state index contributed by atoms with van der Waals surface area (Å²) in [6.07, 6.45) is 0.842. The summed E-state index contributed by atoms with van der Waals surface area (Å²) in [6, 6.07) is 3.93. The summed E-state index contributed by atoms with van der Waals surface area (Å²) in [5.74, 6) is 1.74. The van der Waals surface area contributed by atoms with Crippen molar-refractivity contribution in [3.8, 4) is 6.07 Å². The number of aryl methyl sites for hydroxylation is 1. The Morgan fingerprint density at radius 1 is 1.47 bits per heavy atom. The van der Waals surface area contributed by atoms with Gasteiger partial charge in [0.1, 0.15) is 17.7 Å². The van der Waals surface area contributed by atoms with E-state index in [9.17, 15) is 0 Å². The Morgan fingerprint density at radius 2 is 2.37 bits per heavy atom. The Labute approximate surface area is 110 Å². The highest BCUT2D eigenvalue weighted by atomic mass is 15.3. The molecular weight excluding hydrogens is 242 g/mol. The van der Waals surface area contributed by atoms with Crippen LogP contribution >= 0.6 is 0 Å². The molecule has 2 aromatic rings. The first kappa shape index (κ1) is 11.9. The van der Waals surface area contributed by atoms with Gasteiger partial charge < -0.3 is 0 Å². The fourth-order valence-electron chi connectivity index (χ4n) is 2.29. The summed E-state index contributed by atoms with van der Waals surface area (Å²) in [7, 11) is 0. The van der Waals surface area contributed by atoms with Crippen LogP contribution < -0.4 is 0 Å². The van der Waals surface area contributed by atoms with Gasteiger partial charge in [-0.15, -0.1) is 0 Å². The Morgan fingerprint density at radius 3 is 3.11 bits per heavy atom. The molecule has 7 nitrogen and oxygen atoms in total. The summed E-state index contributed by atoms with van der Waals surface area (Å²) in [5.41, 5.74) is 1.57. The predicted molar refractivity (Wildman–Crippen MR) is 66.8 cm³/mol. The molecule has 0 fully saturated rings. The van der Waals surface area contributed by atoms with E-state index in [0.29, 0.717) is 5.69 Å². The van der Waals surface area contributed by atoms with Crippen molar-refractivity contribution in [1.82, 2.24) is 29.9 Å². The summed E-state index contributed by atoms with van der Waals surface area (Å²) < 4.78 is 1.91. The lowest BCUT2D eigenvalue weighted by Crippen LogP contribution is -2.33. The monoisotopic (exact) mass is 257 g/mol. The molecule has 2 aromatic heterocycles. The van der Waals surface area contributed by atoms with E-state index in [0.717, 1.165) is 49.9 Å². The molecule has 98 valence electrons. The average molecular weight is 257 g/mol. The standard InChI is InChI=1S/C12H15N7/c1-2-11-14-12(16-15-11)8-18-3-4-19-10(7-18)5-9(6-13)17-19/h5H,2-4,7-8H2,1H3,(H,14,15,16). The zero-order chi connectivity index (χ0) is 13.2. The van der Waals surface area contributed by atoms with Crippen LogP contribution in [0.4, 0.5) is 0 Å². The summed E-state index contributed by atoms with van der Waals surface area (Å²) in [4.78, 5) is 6.69. The van der Waals surface area contributed by atoms with Crippen LogP contribution in [0.25, 0.3) is 0 Å². The van der Waals surface area contributed by atoms with Gasteiger partial charge >= 0.3 is 0 Å². The van der Waals surface area contributed by atoms with Gasteiger partial charge in [-0.1, -0.05) is 6.92 Å². The molecule has 7 heteroatoms. The first-order valence-corrected chi connectivity index (χ1v) is 6.38. The van der Waals surface area contributed by atoms with Crippen LogP contribution in [0, 0.1) is 11.3 Å². The van der Waals surface area contributed by atoms with E-state index in [1.807, 2.05) is 17.7 Å². The molecule has 1 aliphatic heterocycles. The summed E-state index contributed by atoms with van der Waals surface area (Å²) in [5, 5.41) is 20.2. The topological polar surface area (TPSA) is 86.4 Å². The number of fused-ring (bicyclic) bond motifs is 1. The molecule has 0 aromatic carbocycles. The molecule has 1 aliphatic rings. The van der Waals surface area contributed by atoms with Crippen molar-refractivity contribution in [1.29, 1.82) is 5.26 Å². The Kier molecular flexibility index (Phi) is 3.01. The van der Waals surface area contributed by atoms with E-state index in [-0.39, 0.29) is 0 Å². The van der Waals surface area contributed by atoms with Gasteiger partial charge in [0, 0.05) is 19.5 Å². The fourth-order valence-corrected chi connectivity index (χ4v) is 2.29. The van der Waals surface area contributed by atoms with E-state index < -0.39 is 0 Å². The van der Waals surface area contributed by atoms with Crippen LogP contribution in [-0.4, -0.2) is 36.4 Å². The van der Waals surface area contributed by atoms with Gasteiger partial charge in [-0.05, 0) is 6.07 Å². The maximum Gasteiger partial charge on any atom is 0.162 e. The second kappa shape index (κ2) is 4.82. The third-order valence-corrected chi connectivity index (χ3v) is 3.26. The molecule has 3 rings (SSSR count). The van der Waals surface area contributed by atoms with Crippen LogP contribution in [0.1, 0.15) is 30.0 Å². The van der Waals surface area contributed by atoms with Gasteiger partial charge in [0.25, 0.3) is 0 Å². The maximum absolute atomic E-state index is 8.86. The Hall–Kier alpha value is -2.20. The van der Waals surface area contributed by atoms with Crippen molar-refractivity contribution in [2.75, 3.05) is 6.54 Å². The van der Waals surface area contributed by atoms with E-state index >= 15 is 0 Å². The van der Waals surface area contributed by atoms with Crippen LogP contribution in [0.2, 0.25) is 0 Å². The lowest BCUT2D eigenvalue weighted by Gasteiger charge is -2.26. The highest BCUT2D eigenvalue weighted by molar-refractivity contribution is 5.23. The number of nitrogens with zero attached hydrogens (tertiary/aromatic N) is 6. The maximum atomic E-state index is 8.86. The smallest absolute Gasteiger partial charge is 0.162 e. The normalized spacial score (nSPS) is 15.2. The van der Waals surface area contributed by atoms with E-state index in [4.69, 9.17) is 5.26 Å². The molecule has 0 saturated carbocycles. The van der Waals surface area contributed by atoms with Crippen molar-refractivity contribution < 1.29 is 0 Å². The largest absolute Gasteiger partial charge is 0.288 e. The first-order valence-electron chi connectivity index (χ1n) is 6.38. The minimum Gasteiger partial charge on any atom is -0.288 e. The number of aromatic amines is 1. The van der Waals surface area contributed by atoms with E-state index in [1.54, 1.807) is 0 Å². The quantitative estimate of drug-likeness (QED) is 0.862. The Balaban J connectivity index is 1.70. The SMILES string of the molecule is CCc1n[nH]c(CN2CCn3nc(C#N)cc3C2)n1. The van der Waals surface area contributed by atoms with Gasteiger partial charge in [0.05, 0.1) is 18.8 Å². The second-order valence-corrected chi connectivity index (χ2v) is 4.62. The number of nitrogens with one attached hydrogen (secondary N) is 1. The Bertz CT molecular complexity index is 618. The molecule has 0 atom stereocenters. The van der Waals surface area contributed by atoms with Crippen molar-refractivity contribution in [3.63, 3.8) is 0 Å². The van der Waals surface area contributed by atoms with E-state index in [2.05, 4.69) is 31.2 Å². The van der Waals surface area contributed by atoms with Crippen LogP contribution in [0.3, 0.4) is 0 Å². The van der Waals surface area contributed by atoms with Gasteiger partial charge in [-0.2, -0.15) is 15.5 Å². The molecule has 1 N–H and O–H groups in total. The molecule has 0 bridgehead atoms. The van der Waals surface area contributed by atoms with Gasteiger partial charge in [0.15, 0.2) is 5.69 Å². The average Bonchev–Trinajstić information content (AvgIpc) is 3.04. The van der Waals surface area contributed by atoms with Crippen LogP contribution in [0.5, 0.6) is 0 Å². The third-order valence-electron chi connectivity index (χ3n) is 3.26. The second-order valence-electron chi connectivity index (χ2n) is 4.62. The van der Waals surface area contributed by atoms with Crippen molar-refractivity contribution in [2.45, 2.75) is 33.0 Å². The molecule has 0 saturated heterocycles. The lowest BCUT2D eigenvalue weighted by atomic mass is 10.3. The number of hydrogen-bond donors (Lipinski definition) is 1.